The summed E-state index contributed by atoms with van der Waals surface area (Å²) in [6.45, 7) is 0.117. The van der Waals surface area contributed by atoms with Crippen molar-refractivity contribution >= 4 is 17.4 Å². The van der Waals surface area contributed by atoms with Crippen LogP contribution >= 0.6 is 0 Å². The molecule has 0 saturated heterocycles. The Labute approximate surface area is 117 Å². The van der Waals surface area contributed by atoms with E-state index >= 15 is 0 Å². The number of amides is 1. The molecule has 5 heteroatoms. The fourth-order valence-electron chi connectivity index (χ4n) is 1.78. The highest BCUT2D eigenvalue weighted by Crippen LogP contribution is 2.12. The molecule has 0 bridgehead atoms. The van der Waals surface area contributed by atoms with Crippen molar-refractivity contribution in [2.24, 2.45) is 0 Å². The highest BCUT2D eigenvalue weighted by Gasteiger charge is 2.08. The molecule has 5 nitrogen and oxygen atoms in total. The Morgan fingerprint density at radius 3 is 2.60 bits per heavy atom. The maximum atomic E-state index is 12.1. The second-order valence-corrected chi connectivity index (χ2v) is 4.28. The minimum absolute atomic E-state index is 0.117. The van der Waals surface area contributed by atoms with Crippen molar-refractivity contribution in [3.8, 4) is 0 Å². The van der Waals surface area contributed by atoms with Crippen LogP contribution in [0.1, 0.15) is 16.1 Å². The van der Waals surface area contributed by atoms with Crippen LogP contribution < -0.4 is 10.6 Å². The van der Waals surface area contributed by atoms with Crippen LogP contribution in [0, 0.1) is 0 Å². The standard InChI is InChI=1S/C15H17N3O2/c1-16-14-4-2-3-13(18-14)15(20)17-12-7-5-11(6-8-12)9-10-19/h2-8,19H,9-10H2,1H3,(H,16,18)(H,17,20). The Balaban J connectivity index is 2.06. The van der Waals surface area contributed by atoms with E-state index in [1.807, 2.05) is 24.3 Å². The van der Waals surface area contributed by atoms with E-state index in [0.29, 0.717) is 23.6 Å². The number of pyridine rings is 1. The summed E-state index contributed by atoms with van der Waals surface area (Å²) in [5.41, 5.74) is 2.09. The van der Waals surface area contributed by atoms with Gasteiger partial charge in [-0.25, -0.2) is 4.98 Å². The smallest absolute Gasteiger partial charge is 0.274 e. The van der Waals surface area contributed by atoms with Gasteiger partial charge in [-0.15, -0.1) is 0 Å². The van der Waals surface area contributed by atoms with Crippen LogP contribution in [0.4, 0.5) is 11.5 Å². The number of nitrogens with one attached hydrogen (secondary N) is 2. The predicted octanol–water partition coefficient (Wildman–Crippen LogP) is 1.91. The number of rotatable bonds is 5. The summed E-state index contributed by atoms with van der Waals surface area (Å²) in [5, 5.41) is 14.5. The molecule has 1 aromatic heterocycles. The van der Waals surface area contributed by atoms with Crippen LogP contribution in [0.5, 0.6) is 0 Å². The number of aromatic nitrogens is 1. The number of benzene rings is 1. The number of carbonyl (C=O) groups excluding carboxylic acids is 1. The number of anilines is 2. The van der Waals surface area contributed by atoms with Crippen molar-refractivity contribution in [2.45, 2.75) is 6.42 Å². The summed E-state index contributed by atoms with van der Waals surface area (Å²) in [5.74, 6) is 0.396. The molecule has 0 fully saturated rings. The van der Waals surface area contributed by atoms with E-state index in [0.717, 1.165) is 5.56 Å². The molecular formula is C15H17N3O2. The molecule has 0 spiro atoms. The van der Waals surface area contributed by atoms with Gasteiger partial charge in [-0.3, -0.25) is 4.79 Å². The molecule has 1 aromatic carbocycles. The van der Waals surface area contributed by atoms with Gasteiger partial charge < -0.3 is 15.7 Å². The van der Waals surface area contributed by atoms with E-state index in [1.54, 1.807) is 25.2 Å². The Morgan fingerprint density at radius 1 is 1.20 bits per heavy atom. The van der Waals surface area contributed by atoms with Crippen LogP contribution in [0.25, 0.3) is 0 Å². The molecule has 0 saturated carbocycles. The van der Waals surface area contributed by atoms with Crippen LogP contribution in [0.2, 0.25) is 0 Å². The zero-order chi connectivity index (χ0) is 14.4. The highest BCUT2D eigenvalue weighted by atomic mass is 16.2. The summed E-state index contributed by atoms with van der Waals surface area (Å²) in [6.07, 6.45) is 0.611. The monoisotopic (exact) mass is 271 g/mol. The molecule has 3 N–H and O–H groups in total. The first-order valence-corrected chi connectivity index (χ1v) is 6.39. The zero-order valence-corrected chi connectivity index (χ0v) is 11.3. The van der Waals surface area contributed by atoms with Gasteiger partial charge in [0.25, 0.3) is 5.91 Å². The Hall–Kier alpha value is -2.40. The molecule has 0 radical (unpaired) electrons. The molecule has 0 aliphatic carbocycles. The third-order valence-corrected chi connectivity index (χ3v) is 2.85. The number of hydrogen-bond donors (Lipinski definition) is 3. The summed E-state index contributed by atoms with van der Waals surface area (Å²) in [4.78, 5) is 16.2. The van der Waals surface area contributed by atoms with Crippen molar-refractivity contribution in [1.29, 1.82) is 0 Å². The number of nitrogens with zero attached hydrogens (tertiary/aromatic N) is 1. The van der Waals surface area contributed by atoms with Gasteiger partial charge in [-0.2, -0.15) is 0 Å². The quantitative estimate of drug-likeness (QED) is 0.776. The first kappa shape index (κ1) is 14.0. The topological polar surface area (TPSA) is 74.2 Å². The number of aliphatic hydroxyl groups excluding tert-OH is 1. The highest BCUT2D eigenvalue weighted by molar-refractivity contribution is 6.03. The van der Waals surface area contributed by atoms with E-state index in [2.05, 4.69) is 15.6 Å². The van der Waals surface area contributed by atoms with E-state index in [1.165, 1.54) is 0 Å². The van der Waals surface area contributed by atoms with E-state index < -0.39 is 0 Å². The molecule has 0 aliphatic rings. The fraction of sp³-hybridized carbons (Fsp3) is 0.200. The number of carbonyl (C=O) groups is 1. The van der Waals surface area contributed by atoms with Gasteiger partial charge in [0.05, 0.1) is 0 Å². The zero-order valence-electron chi connectivity index (χ0n) is 11.3. The van der Waals surface area contributed by atoms with Gasteiger partial charge in [0.1, 0.15) is 11.5 Å². The van der Waals surface area contributed by atoms with Crippen molar-refractivity contribution in [3.05, 3.63) is 53.7 Å². The summed E-state index contributed by atoms with van der Waals surface area (Å²) in [6, 6.07) is 12.6. The molecule has 20 heavy (non-hydrogen) atoms. The van der Waals surface area contributed by atoms with Crippen LogP contribution in [-0.2, 0) is 6.42 Å². The SMILES string of the molecule is CNc1cccc(C(=O)Nc2ccc(CCO)cc2)n1. The van der Waals surface area contributed by atoms with Crippen molar-refractivity contribution in [2.75, 3.05) is 24.3 Å². The lowest BCUT2D eigenvalue weighted by Gasteiger charge is -2.07. The van der Waals surface area contributed by atoms with Crippen molar-refractivity contribution in [3.63, 3.8) is 0 Å². The van der Waals surface area contributed by atoms with Gasteiger partial charge in [-0.1, -0.05) is 18.2 Å². The summed E-state index contributed by atoms with van der Waals surface area (Å²) < 4.78 is 0. The second-order valence-electron chi connectivity index (χ2n) is 4.28. The fourth-order valence-corrected chi connectivity index (χ4v) is 1.78. The van der Waals surface area contributed by atoms with Crippen LogP contribution in [0.3, 0.4) is 0 Å². The molecule has 0 aliphatic heterocycles. The minimum atomic E-state index is -0.253. The molecule has 1 heterocycles. The normalized spacial score (nSPS) is 10.1. The molecular weight excluding hydrogens is 254 g/mol. The average molecular weight is 271 g/mol. The van der Waals surface area contributed by atoms with Gasteiger partial charge in [0.2, 0.25) is 0 Å². The second kappa shape index (κ2) is 6.68. The molecule has 0 atom stereocenters. The van der Waals surface area contributed by atoms with Gasteiger partial charge >= 0.3 is 0 Å². The third-order valence-electron chi connectivity index (χ3n) is 2.85. The van der Waals surface area contributed by atoms with Crippen molar-refractivity contribution in [1.82, 2.24) is 4.98 Å². The lowest BCUT2D eigenvalue weighted by Crippen LogP contribution is -2.14. The predicted molar refractivity (Wildman–Crippen MR) is 79.0 cm³/mol. The van der Waals surface area contributed by atoms with E-state index in [-0.39, 0.29) is 12.5 Å². The largest absolute Gasteiger partial charge is 0.396 e. The Kier molecular flexibility index (Phi) is 4.68. The first-order chi connectivity index (χ1) is 9.72. The molecule has 2 aromatic rings. The van der Waals surface area contributed by atoms with E-state index in [9.17, 15) is 4.79 Å². The summed E-state index contributed by atoms with van der Waals surface area (Å²) in [7, 11) is 1.75. The summed E-state index contributed by atoms with van der Waals surface area (Å²) >= 11 is 0. The Morgan fingerprint density at radius 2 is 1.95 bits per heavy atom. The molecule has 2 rings (SSSR count). The Bertz CT molecular complexity index is 582. The van der Waals surface area contributed by atoms with Crippen LogP contribution in [-0.4, -0.2) is 29.7 Å². The molecule has 104 valence electrons. The third kappa shape index (κ3) is 3.55. The first-order valence-electron chi connectivity index (χ1n) is 6.39. The average Bonchev–Trinajstić information content (AvgIpc) is 2.49. The van der Waals surface area contributed by atoms with Gasteiger partial charge in [0, 0.05) is 19.3 Å². The lowest BCUT2D eigenvalue weighted by atomic mass is 10.1. The maximum Gasteiger partial charge on any atom is 0.274 e. The minimum Gasteiger partial charge on any atom is -0.396 e. The maximum absolute atomic E-state index is 12.1. The molecule has 1 amide bonds. The van der Waals surface area contributed by atoms with Gasteiger partial charge in [0.15, 0.2) is 0 Å². The molecule has 0 unspecified atom stereocenters. The van der Waals surface area contributed by atoms with Crippen LogP contribution in [0.15, 0.2) is 42.5 Å². The van der Waals surface area contributed by atoms with E-state index in [4.69, 9.17) is 5.11 Å². The lowest BCUT2D eigenvalue weighted by molar-refractivity contribution is 0.102. The van der Waals surface area contributed by atoms with Crippen molar-refractivity contribution < 1.29 is 9.90 Å². The number of aliphatic hydroxyl groups is 1. The van der Waals surface area contributed by atoms with Gasteiger partial charge in [-0.05, 0) is 36.2 Å². The number of hydrogen-bond acceptors (Lipinski definition) is 4.